The van der Waals surface area contributed by atoms with Crippen LogP contribution < -0.4 is 5.32 Å². The molecule has 0 saturated carbocycles. The van der Waals surface area contributed by atoms with E-state index in [9.17, 15) is 9.90 Å². The summed E-state index contributed by atoms with van der Waals surface area (Å²) in [7, 11) is 0. The molecule has 5 nitrogen and oxygen atoms in total. The van der Waals surface area contributed by atoms with Crippen molar-refractivity contribution in [1.29, 1.82) is 0 Å². The second-order valence-corrected chi connectivity index (χ2v) is 5.02. The van der Waals surface area contributed by atoms with Crippen molar-refractivity contribution in [3.05, 3.63) is 34.2 Å². The molecule has 3 heterocycles. The third-order valence-electron chi connectivity index (χ3n) is 3.54. The van der Waals surface area contributed by atoms with E-state index in [0.29, 0.717) is 11.6 Å². The number of pyridine rings is 1. The maximum absolute atomic E-state index is 11.4. The molecule has 2 aromatic rings. The van der Waals surface area contributed by atoms with Crippen molar-refractivity contribution in [3.63, 3.8) is 0 Å². The van der Waals surface area contributed by atoms with Gasteiger partial charge in [0, 0.05) is 29.7 Å². The van der Waals surface area contributed by atoms with Gasteiger partial charge < -0.3 is 9.51 Å². The normalized spacial score (nSPS) is 18.5. The summed E-state index contributed by atoms with van der Waals surface area (Å²) in [6, 6.07) is 1.09. The Bertz CT molecular complexity index is 665. The van der Waals surface area contributed by atoms with Gasteiger partial charge in [0.25, 0.3) is 0 Å². The van der Waals surface area contributed by atoms with Crippen molar-refractivity contribution in [1.82, 2.24) is 14.7 Å². The topological polar surface area (TPSA) is 66.6 Å². The Labute approximate surface area is 115 Å². The fourth-order valence-corrected chi connectivity index (χ4v) is 2.93. The van der Waals surface area contributed by atoms with Gasteiger partial charge in [-0.3, -0.25) is 10.1 Å². The lowest BCUT2D eigenvalue weighted by Gasteiger charge is -2.20. The standard InChI is InChI=1S/C13H14ClN3O2/c1-2-7-8(14)4-6-17-11-9(16-12(7)17)3-5-15-10(11)13(18)19/h4,6,10,15H,2-3,5H2,1H3,(H,18,19). The number of nitrogens with zero attached hydrogens (tertiary/aromatic N) is 2. The molecule has 100 valence electrons. The van der Waals surface area contributed by atoms with Gasteiger partial charge in [-0.1, -0.05) is 18.5 Å². The molecular formula is C13H14ClN3O2. The number of aryl methyl sites for hydroxylation is 1. The maximum atomic E-state index is 11.4. The van der Waals surface area contributed by atoms with Crippen LogP contribution in [-0.2, 0) is 17.6 Å². The minimum Gasteiger partial charge on any atom is -0.480 e. The zero-order chi connectivity index (χ0) is 13.6. The van der Waals surface area contributed by atoms with E-state index in [4.69, 9.17) is 11.6 Å². The summed E-state index contributed by atoms with van der Waals surface area (Å²) in [5.74, 6) is -0.879. The Morgan fingerprint density at radius 1 is 1.68 bits per heavy atom. The molecule has 1 atom stereocenters. The van der Waals surface area contributed by atoms with Crippen LogP contribution in [0.4, 0.5) is 0 Å². The summed E-state index contributed by atoms with van der Waals surface area (Å²) in [4.78, 5) is 15.9. The first-order chi connectivity index (χ1) is 9.13. The number of aliphatic carboxylic acids is 1. The molecule has 0 spiro atoms. The highest BCUT2D eigenvalue weighted by Gasteiger charge is 2.30. The SMILES string of the molecule is CCc1c(Cl)ccn2c3c(nc12)CCNC3C(=O)O. The molecule has 0 radical (unpaired) electrons. The largest absolute Gasteiger partial charge is 0.480 e. The minimum absolute atomic E-state index is 0.628. The summed E-state index contributed by atoms with van der Waals surface area (Å²) in [6.45, 7) is 2.64. The predicted octanol–water partition coefficient (Wildman–Crippen LogP) is 1.82. The lowest BCUT2D eigenvalue weighted by molar-refractivity contribution is -0.139. The third-order valence-corrected chi connectivity index (χ3v) is 3.89. The highest BCUT2D eigenvalue weighted by Crippen LogP contribution is 2.29. The lowest BCUT2D eigenvalue weighted by Crippen LogP contribution is -2.35. The van der Waals surface area contributed by atoms with Crippen LogP contribution >= 0.6 is 11.6 Å². The third kappa shape index (κ3) is 1.81. The number of carboxylic acid groups (broad SMARTS) is 1. The van der Waals surface area contributed by atoms with Crippen LogP contribution in [0.1, 0.15) is 29.9 Å². The van der Waals surface area contributed by atoms with Crippen LogP contribution in [0.3, 0.4) is 0 Å². The van der Waals surface area contributed by atoms with Crippen molar-refractivity contribution in [2.24, 2.45) is 0 Å². The number of nitrogens with one attached hydrogen (secondary N) is 1. The highest BCUT2D eigenvalue weighted by atomic mass is 35.5. The van der Waals surface area contributed by atoms with Gasteiger partial charge in [0.05, 0.1) is 11.4 Å². The summed E-state index contributed by atoms with van der Waals surface area (Å²) in [6.07, 6.45) is 3.30. The molecular weight excluding hydrogens is 266 g/mol. The van der Waals surface area contributed by atoms with E-state index in [1.54, 1.807) is 12.3 Å². The van der Waals surface area contributed by atoms with Crippen LogP contribution in [0.2, 0.25) is 5.02 Å². The smallest absolute Gasteiger partial charge is 0.326 e. The summed E-state index contributed by atoms with van der Waals surface area (Å²) in [5, 5.41) is 13.0. The van der Waals surface area contributed by atoms with Gasteiger partial charge >= 0.3 is 5.97 Å². The van der Waals surface area contributed by atoms with Gasteiger partial charge in [-0.05, 0) is 12.5 Å². The van der Waals surface area contributed by atoms with Crippen molar-refractivity contribution < 1.29 is 9.90 Å². The van der Waals surface area contributed by atoms with Gasteiger partial charge in [-0.2, -0.15) is 0 Å². The summed E-state index contributed by atoms with van der Waals surface area (Å²) < 4.78 is 1.85. The fraction of sp³-hybridized carbons (Fsp3) is 0.385. The number of rotatable bonds is 2. The molecule has 6 heteroatoms. The van der Waals surface area contributed by atoms with Crippen LogP contribution in [0, 0.1) is 0 Å². The Balaban J connectivity index is 2.31. The average Bonchev–Trinajstić information content (AvgIpc) is 2.76. The van der Waals surface area contributed by atoms with Crippen LogP contribution in [0.5, 0.6) is 0 Å². The summed E-state index contributed by atoms with van der Waals surface area (Å²) in [5.41, 5.74) is 3.31. The number of imidazole rings is 1. The zero-order valence-electron chi connectivity index (χ0n) is 10.5. The number of hydrogen-bond donors (Lipinski definition) is 2. The van der Waals surface area contributed by atoms with Crippen molar-refractivity contribution in [3.8, 4) is 0 Å². The molecule has 1 unspecified atom stereocenters. The van der Waals surface area contributed by atoms with Crippen molar-refractivity contribution in [2.45, 2.75) is 25.8 Å². The van der Waals surface area contributed by atoms with Crippen LogP contribution in [0.15, 0.2) is 12.3 Å². The van der Waals surface area contributed by atoms with Crippen molar-refractivity contribution in [2.75, 3.05) is 6.54 Å². The lowest BCUT2D eigenvalue weighted by atomic mass is 10.1. The monoisotopic (exact) mass is 279 g/mol. The number of hydrogen-bond acceptors (Lipinski definition) is 3. The number of halogens is 1. The van der Waals surface area contributed by atoms with E-state index in [1.165, 1.54) is 0 Å². The van der Waals surface area contributed by atoms with E-state index in [1.807, 2.05) is 11.3 Å². The average molecular weight is 280 g/mol. The number of carbonyl (C=O) groups is 1. The van der Waals surface area contributed by atoms with E-state index in [2.05, 4.69) is 10.3 Å². The first-order valence-corrected chi connectivity index (χ1v) is 6.65. The molecule has 0 aliphatic carbocycles. The van der Waals surface area contributed by atoms with Crippen molar-refractivity contribution >= 4 is 23.2 Å². The first kappa shape index (κ1) is 12.4. The summed E-state index contributed by atoms with van der Waals surface area (Å²) >= 11 is 6.18. The number of aromatic nitrogens is 2. The molecule has 0 saturated heterocycles. The number of carboxylic acids is 1. The molecule has 0 bridgehead atoms. The molecule has 2 N–H and O–H groups in total. The Kier molecular flexibility index (Phi) is 2.95. The number of fused-ring (bicyclic) bond motifs is 3. The molecule has 2 aromatic heterocycles. The predicted molar refractivity (Wildman–Crippen MR) is 71.7 cm³/mol. The van der Waals surface area contributed by atoms with Crippen LogP contribution in [-0.4, -0.2) is 27.0 Å². The molecule has 0 fully saturated rings. The molecule has 0 amide bonds. The highest BCUT2D eigenvalue weighted by molar-refractivity contribution is 6.31. The fourth-order valence-electron chi connectivity index (χ4n) is 2.66. The van der Waals surface area contributed by atoms with Crippen LogP contribution in [0.25, 0.3) is 5.65 Å². The molecule has 3 rings (SSSR count). The van der Waals surface area contributed by atoms with Gasteiger partial charge in [0.2, 0.25) is 0 Å². The maximum Gasteiger partial charge on any atom is 0.326 e. The van der Waals surface area contributed by atoms with Gasteiger partial charge in [-0.25, -0.2) is 4.98 Å². The minimum atomic E-state index is -0.879. The van der Waals surface area contributed by atoms with Gasteiger partial charge in [0.1, 0.15) is 11.7 Å². The second kappa shape index (κ2) is 4.51. The quantitative estimate of drug-likeness (QED) is 0.880. The van der Waals surface area contributed by atoms with E-state index >= 15 is 0 Å². The van der Waals surface area contributed by atoms with Gasteiger partial charge in [-0.15, -0.1) is 0 Å². The van der Waals surface area contributed by atoms with E-state index < -0.39 is 12.0 Å². The first-order valence-electron chi connectivity index (χ1n) is 6.28. The zero-order valence-corrected chi connectivity index (χ0v) is 11.2. The second-order valence-electron chi connectivity index (χ2n) is 4.61. The molecule has 1 aliphatic heterocycles. The van der Waals surface area contributed by atoms with E-state index in [-0.39, 0.29) is 0 Å². The molecule has 1 aliphatic rings. The molecule has 19 heavy (non-hydrogen) atoms. The Morgan fingerprint density at radius 2 is 2.47 bits per heavy atom. The van der Waals surface area contributed by atoms with E-state index in [0.717, 1.165) is 35.4 Å². The molecule has 0 aromatic carbocycles. The van der Waals surface area contributed by atoms with Gasteiger partial charge in [0.15, 0.2) is 0 Å². The Hall–Kier alpha value is -1.59. The Morgan fingerprint density at radius 3 is 3.16 bits per heavy atom.